The van der Waals surface area contributed by atoms with Crippen LogP contribution in [-0.2, 0) is 0 Å². The molecule has 2 rings (SSSR count). The van der Waals surface area contributed by atoms with Crippen LogP contribution in [0.15, 0.2) is 51.4 Å². The standard InChI is InChI=1S/C20H24Br2O/c1-2-3-4-5-6-7-13-23-18-10-8-9-16(14-18)19-15-17(21)11-12-20(19)22/h8-12,14-15H,2-7,13H2,1H3. The van der Waals surface area contributed by atoms with Crippen molar-refractivity contribution in [1.29, 1.82) is 0 Å². The largest absolute Gasteiger partial charge is 0.494 e. The zero-order valence-corrected chi connectivity index (χ0v) is 16.8. The van der Waals surface area contributed by atoms with E-state index < -0.39 is 0 Å². The summed E-state index contributed by atoms with van der Waals surface area (Å²) in [6.45, 7) is 3.05. The third-order valence-corrected chi connectivity index (χ3v) is 5.02. The van der Waals surface area contributed by atoms with Crippen LogP contribution >= 0.6 is 31.9 Å². The summed E-state index contributed by atoms with van der Waals surface area (Å²) in [4.78, 5) is 0. The van der Waals surface area contributed by atoms with Gasteiger partial charge in [-0.1, -0.05) is 83.0 Å². The molecule has 0 saturated carbocycles. The molecular formula is C20H24Br2O. The Morgan fingerprint density at radius 2 is 1.65 bits per heavy atom. The topological polar surface area (TPSA) is 9.23 Å². The van der Waals surface area contributed by atoms with Gasteiger partial charge >= 0.3 is 0 Å². The molecule has 0 aliphatic heterocycles. The highest BCUT2D eigenvalue weighted by Gasteiger charge is 2.05. The van der Waals surface area contributed by atoms with Crippen molar-refractivity contribution in [2.45, 2.75) is 45.4 Å². The lowest BCUT2D eigenvalue weighted by Gasteiger charge is -2.10. The van der Waals surface area contributed by atoms with Gasteiger partial charge in [0.05, 0.1) is 6.61 Å². The molecule has 2 aromatic carbocycles. The van der Waals surface area contributed by atoms with Gasteiger partial charge < -0.3 is 4.74 Å². The quantitative estimate of drug-likeness (QED) is 0.365. The summed E-state index contributed by atoms with van der Waals surface area (Å²) in [7, 11) is 0. The molecule has 2 aromatic rings. The fourth-order valence-electron chi connectivity index (χ4n) is 2.54. The third kappa shape index (κ3) is 6.31. The minimum Gasteiger partial charge on any atom is -0.494 e. The molecule has 3 heteroatoms. The average Bonchev–Trinajstić information content (AvgIpc) is 2.56. The molecule has 0 amide bonds. The highest BCUT2D eigenvalue weighted by molar-refractivity contribution is 9.11. The van der Waals surface area contributed by atoms with Gasteiger partial charge in [0, 0.05) is 8.95 Å². The minimum atomic E-state index is 0.801. The average molecular weight is 440 g/mol. The van der Waals surface area contributed by atoms with Crippen molar-refractivity contribution in [3.8, 4) is 16.9 Å². The summed E-state index contributed by atoms with van der Waals surface area (Å²) >= 11 is 7.16. The van der Waals surface area contributed by atoms with Crippen LogP contribution in [0.3, 0.4) is 0 Å². The summed E-state index contributed by atoms with van der Waals surface area (Å²) in [5, 5.41) is 0. The van der Waals surface area contributed by atoms with Crippen LogP contribution in [0.2, 0.25) is 0 Å². The zero-order valence-electron chi connectivity index (χ0n) is 13.7. The predicted molar refractivity (Wildman–Crippen MR) is 106 cm³/mol. The lowest BCUT2D eigenvalue weighted by molar-refractivity contribution is 0.304. The summed E-state index contributed by atoms with van der Waals surface area (Å²) in [5.41, 5.74) is 2.34. The highest BCUT2D eigenvalue weighted by Crippen LogP contribution is 2.32. The minimum absolute atomic E-state index is 0.801. The van der Waals surface area contributed by atoms with Gasteiger partial charge in [0.2, 0.25) is 0 Å². The van der Waals surface area contributed by atoms with Crippen LogP contribution in [0.4, 0.5) is 0 Å². The molecule has 0 radical (unpaired) electrons. The van der Waals surface area contributed by atoms with Crippen molar-refractivity contribution in [3.05, 3.63) is 51.4 Å². The van der Waals surface area contributed by atoms with E-state index >= 15 is 0 Å². The zero-order chi connectivity index (χ0) is 16.5. The van der Waals surface area contributed by atoms with Crippen molar-refractivity contribution in [1.82, 2.24) is 0 Å². The van der Waals surface area contributed by atoms with Crippen LogP contribution in [0.1, 0.15) is 45.4 Å². The lowest BCUT2D eigenvalue weighted by atomic mass is 10.1. The maximum Gasteiger partial charge on any atom is 0.119 e. The number of unbranched alkanes of at least 4 members (excludes halogenated alkanes) is 5. The van der Waals surface area contributed by atoms with Gasteiger partial charge in [-0.2, -0.15) is 0 Å². The second-order valence-corrected chi connectivity index (χ2v) is 7.54. The molecule has 1 nitrogen and oxygen atoms in total. The molecule has 0 heterocycles. The third-order valence-electron chi connectivity index (χ3n) is 3.84. The van der Waals surface area contributed by atoms with Crippen molar-refractivity contribution >= 4 is 31.9 Å². The van der Waals surface area contributed by atoms with Crippen molar-refractivity contribution < 1.29 is 4.74 Å². The molecular weight excluding hydrogens is 416 g/mol. The van der Waals surface area contributed by atoms with Crippen molar-refractivity contribution in [3.63, 3.8) is 0 Å². The maximum atomic E-state index is 5.92. The first-order chi connectivity index (χ1) is 11.2. The number of rotatable bonds is 9. The van der Waals surface area contributed by atoms with Gasteiger partial charge in [-0.3, -0.25) is 0 Å². The summed E-state index contributed by atoms with van der Waals surface area (Å²) in [6, 6.07) is 14.5. The molecule has 0 aromatic heterocycles. The van der Waals surface area contributed by atoms with Crippen LogP contribution in [0.25, 0.3) is 11.1 Å². The molecule has 0 N–H and O–H groups in total. The first kappa shape index (κ1) is 18.5. The van der Waals surface area contributed by atoms with Gasteiger partial charge in [0.25, 0.3) is 0 Å². The molecule has 23 heavy (non-hydrogen) atoms. The Morgan fingerprint density at radius 3 is 2.48 bits per heavy atom. The van der Waals surface area contributed by atoms with E-state index in [9.17, 15) is 0 Å². The second-order valence-electron chi connectivity index (χ2n) is 5.77. The molecule has 124 valence electrons. The van der Waals surface area contributed by atoms with E-state index in [1.807, 2.05) is 12.1 Å². The Kier molecular flexibility index (Phi) is 8.18. The van der Waals surface area contributed by atoms with Gasteiger partial charge in [-0.05, 0) is 47.9 Å². The van der Waals surface area contributed by atoms with E-state index in [0.29, 0.717) is 0 Å². The number of benzene rings is 2. The highest BCUT2D eigenvalue weighted by atomic mass is 79.9. The molecule has 0 unspecified atom stereocenters. The van der Waals surface area contributed by atoms with E-state index in [-0.39, 0.29) is 0 Å². The Bertz CT molecular complexity index is 610. The molecule has 0 spiro atoms. The fourth-order valence-corrected chi connectivity index (χ4v) is 3.38. The van der Waals surface area contributed by atoms with Crippen LogP contribution in [0.5, 0.6) is 5.75 Å². The molecule has 0 aliphatic rings. The Morgan fingerprint density at radius 1 is 0.870 bits per heavy atom. The Labute approximate surface area is 156 Å². The van der Waals surface area contributed by atoms with Crippen molar-refractivity contribution in [2.24, 2.45) is 0 Å². The number of halogens is 2. The first-order valence-corrected chi connectivity index (χ1v) is 9.97. The van der Waals surface area contributed by atoms with Crippen molar-refractivity contribution in [2.75, 3.05) is 6.61 Å². The van der Waals surface area contributed by atoms with Crippen LogP contribution < -0.4 is 4.74 Å². The van der Waals surface area contributed by atoms with Gasteiger partial charge in [-0.15, -0.1) is 0 Å². The Balaban J connectivity index is 1.89. The van der Waals surface area contributed by atoms with E-state index in [2.05, 4.69) is 69.1 Å². The van der Waals surface area contributed by atoms with Crippen LogP contribution in [0, 0.1) is 0 Å². The second kappa shape index (κ2) is 10.1. The molecule has 0 saturated heterocycles. The number of ether oxygens (including phenoxy) is 1. The molecule has 0 aliphatic carbocycles. The summed E-state index contributed by atoms with van der Waals surface area (Å²) < 4.78 is 8.09. The summed E-state index contributed by atoms with van der Waals surface area (Å²) in [5.74, 6) is 0.947. The molecule has 0 bridgehead atoms. The van der Waals surface area contributed by atoms with Gasteiger partial charge in [0.15, 0.2) is 0 Å². The van der Waals surface area contributed by atoms with E-state index in [1.54, 1.807) is 0 Å². The number of hydrogen-bond acceptors (Lipinski definition) is 1. The smallest absolute Gasteiger partial charge is 0.119 e. The molecule has 0 fully saturated rings. The van der Waals surface area contributed by atoms with Gasteiger partial charge in [0.1, 0.15) is 5.75 Å². The molecule has 0 atom stereocenters. The number of hydrogen-bond donors (Lipinski definition) is 0. The fraction of sp³-hybridized carbons (Fsp3) is 0.400. The van der Waals surface area contributed by atoms with Crippen LogP contribution in [-0.4, -0.2) is 6.61 Å². The van der Waals surface area contributed by atoms with E-state index in [0.717, 1.165) is 27.7 Å². The normalized spacial score (nSPS) is 10.7. The first-order valence-electron chi connectivity index (χ1n) is 8.39. The monoisotopic (exact) mass is 438 g/mol. The lowest BCUT2D eigenvalue weighted by Crippen LogP contribution is -1.97. The van der Waals surface area contributed by atoms with Gasteiger partial charge in [-0.25, -0.2) is 0 Å². The van der Waals surface area contributed by atoms with E-state index in [1.165, 1.54) is 43.2 Å². The summed E-state index contributed by atoms with van der Waals surface area (Å²) in [6.07, 6.45) is 7.72. The predicted octanol–water partition coefficient (Wildman–Crippen LogP) is 7.62. The SMILES string of the molecule is CCCCCCCCOc1cccc(-c2cc(Br)ccc2Br)c1. The maximum absolute atomic E-state index is 5.92. The van der Waals surface area contributed by atoms with E-state index in [4.69, 9.17) is 4.74 Å². The Hall–Kier alpha value is -0.800.